The van der Waals surface area contributed by atoms with Crippen molar-refractivity contribution >= 4 is 34.7 Å². The van der Waals surface area contributed by atoms with Gasteiger partial charge < -0.3 is 20.5 Å². The van der Waals surface area contributed by atoms with Crippen molar-refractivity contribution < 1.29 is 14.3 Å². The van der Waals surface area contributed by atoms with Gasteiger partial charge in [-0.1, -0.05) is 29.9 Å². The highest BCUT2D eigenvalue weighted by molar-refractivity contribution is 7.80. The van der Waals surface area contributed by atoms with E-state index in [9.17, 15) is 4.79 Å². The highest BCUT2D eigenvalue weighted by Gasteiger charge is 2.12. The SMILES string of the molecule is COCCCNC(=O)COc1cccc(Cl)c1C(N)=S. The molecule has 7 heteroatoms. The normalized spacial score (nSPS) is 10.1. The van der Waals surface area contributed by atoms with Gasteiger partial charge in [0.1, 0.15) is 10.7 Å². The molecule has 0 aliphatic carbocycles. The molecule has 20 heavy (non-hydrogen) atoms. The minimum absolute atomic E-state index is 0.122. The van der Waals surface area contributed by atoms with Gasteiger partial charge in [-0.15, -0.1) is 0 Å². The third kappa shape index (κ3) is 5.32. The zero-order chi connectivity index (χ0) is 15.0. The molecule has 0 saturated carbocycles. The van der Waals surface area contributed by atoms with Crippen molar-refractivity contribution in [2.75, 3.05) is 26.9 Å². The molecule has 0 fully saturated rings. The number of thiocarbonyl (C=S) groups is 1. The van der Waals surface area contributed by atoms with Crippen LogP contribution >= 0.6 is 23.8 Å². The lowest BCUT2D eigenvalue weighted by atomic mass is 10.2. The number of nitrogens with two attached hydrogens (primary N) is 1. The number of benzene rings is 1. The summed E-state index contributed by atoms with van der Waals surface area (Å²) in [5.74, 6) is 0.173. The summed E-state index contributed by atoms with van der Waals surface area (Å²) in [4.78, 5) is 11.7. The number of nitrogens with one attached hydrogen (secondary N) is 1. The van der Waals surface area contributed by atoms with Crippen molar-refractivity contribution in [3.8, 4) is 5.75 Å². The highest BCUT2D eigenvalue weighted by Crippen LogP contribution is 2.26. The summed E-state index contributed by atoms with van der Waals surface area (Å²) in [6.45, 7) is 1.01. The first-order valence-electron chi connectivity index (χ1n) is 6.03. The van der Waals surface area contributed by atoms with E-state index < -0.39 is 0 Å². The highest BCUT2D eigenvalue weighted by atomic mass is 35.5. The Labute approximate surface area is 128 Å². The third-order valence-electron chi connectivity index (χ3n) is 2.43. The summed E-state index contributed by atoms with van der Waals surface area (Å²) in [5, 5.41) is 3.11. The van der Waals surface area contributed by atoms with Gasteiger partial charge >= 0.3 is 0 Å². The molecule has 0 unspecified atom stereocenters. The number of rotatable bonds is 8. The van der Waals surface area contributed by atoms with Crippen LogP contribution in [0.1, 0.15) is 12.0 Å². The average Bonchev–Trinajstić information content (AvgIpc) is 2.41. The lowest BCUT2D eigenvalue weighted by Gasteiger charge is -2.12. The van der Waals surface area contributed by atoms with Crippen LogP contribution in [0.5, 0.6) is 5.75 Å². The monoisotopic (exact) mass is 316 g/mol. The lowest BCUT2D eigenvalue weighted by Crippen LogP contribution is -2.30. The van der Waals surface area contributed by atoms with Gasteiger partial charge in [-0.2, -0.15) is 0 Å². The van der Waals surface area contributed by atoms with Crippen LogP contribution in [0, 0.1) is 0 Å². The van der Waals surface area contributed by atoms with Gasteiger partial charge in [0.25, 0.3) is 5.91 Å². The number of halogens is 1. The van der Waals surface area contributed by atoms with E-state index >= 15 is 0 Å². The third-order valence-corrected chi connectivity index (χ3v) is 2.95. The van der Waals surface area contributed by atoms with E-state index in [1.165, 1.54) is 0 Å². The van der Waals surface area contributed by atoms with Crippen molar-refractivity contribution in [1.82, 2.24) is 5.32 Å². The van der Waals surface area contributed by atoms with Gasteiger partial charge in [-0.05, 0) is 18.6 Å². The first kappa shape index (κ1) is 16.7. The van der Waals surface area contributed by atoms with Crippen molar-refractivity contribution in [3.63, 3.8) is 0 Å². The Kier molecular flexibility index (Phi) is 7.28. The number of ether oxygens (including phenoxy) is 2. The molecule has 1 aromatic carbocycles. The molecule has 110 valence electrons. The second-order valence-corrected chi connectivity index (χ2v) is 4.81. The fourth-order valence-corrected chi connectivity index (χ4v) is 2.04. The first-order chi connectivity index (χ1) is 9.56. The fourth-order valence-electron chi connectivity index (χ4n) is 1.50. The zero-order valence-electron chi connectivity index (χ0n) is 11.1. The smallest absolute Gasteiger partial charge is 0.257 e. The lowest BCUT2D eigenvalue weighted by molar-refractivity contribution is -0.123. The second kappa shape index (κ2) is 8.73. The molecule has 0 aliphatic rings. The van der Waals surface area contributed by atoms with E-state index in [4.69, 9.17) is 39.0 Å². The van der Waals surface area contributed by atoms with Gasteiger partial charge in [0.05, 0.1) is 10.6 Å². The van der Waals surface area contributed by atoms with Crippen LogP contribution in [-0.2, 0) is 9.53 Å². The van der Waals surface area contributed by atoms with Gasteiger partial charge in [-0.25, -0.2) is 0 Å². The molecule has 0 saturated heterocycles. The molecule has 0 bridgehead atoms. The first-order valence-corrected chi connectivity index (χ1v) is 6.81. The molecule has 5 nitrogen and oxygen atoms in total. The number of methoxy groups -OCH3 is 1. The van der Waals surface area contributed by atoms with Crippen molar-refractivity contribution in [3.05, 3.63) is 28.8 Å². The van der Waals surface area contributed by atoms with Crippen LogP contribution in [0.3, 0.4) is 0 Å². The molecule has 0 spiro atoms. The molecule has 0 heterocycles. The Balaban J connectivity index is 2.51. The molecule has 0 radical (unpaired) electrons. The van der Waals surface area contributed by atoms with E-state index in [0.717, 1.165) is 6.42 Å². The van der Waals surface area contributed by atoms with Crippen molar-refractivity contribution in [1.29, 1.82) is 0 Å². The minimum atomic E-state index is -0.227. The molecular weight excluding hydrogens is 300 g/mol. The van der Waals surface area contributed by atoms with E-state index in [-0.39, 0.29) is 17.5 Å². The average molecular weight is 317 g/mol. The Morgan fingerprint density at radius 1 is 1.50 bits per heavy atom. The van der Waals surface area contributed by atoms with Gasteiger partial charge in [0, 0.05) is 20.3 Å². The van der Waals surface area contributed by atoms with Crippen LogP contribution in [-0.4, -0.2) is 37.8 Å². The number of carbonyl (C=O) groups is 1. The summed E-state index contributed by atoms with van der Waals surface area (Å²) >= 11 is 10.9. The maximum absolute atomic E-state index is 11.6. The summed E-state index contributed by atoms with van der Waals surface area (Å²) in [5.41, 5.74) is 6.03. The molecule has 0 atom stereocenters. The maximum Gasteiger partial charge on any atom is 0.257 e. The van der Waals surface area contributed by atoms with Crippen molar-refractivity contribution in [2.45, 2.75) is 6.42 Å². The van der Waals surface area contributed by atoms with Crippen LogP contribution in [0.2, 0.25) is 5.02 Å². The van der Waals surface area contributed by atoms with E-state index in [2.05, 4.69) is 5.32 Å². The van der Waals surface area contributed by atoms with E-state index in [0.29, 0.717) is 29.5 Å². The van der Waals surface area contributed by atoms with Crippen LogP contribution in [0.15, 0.2) is 18.2 Å². The largest absolute Gasteiger partial charge is 0.483 e. The molecule has 3 N–H and O–H groups in total. The standard InChI is InChI=1S/C13H17ClN2O3S/c1-18-7-3-6-16-11(17)8-19-10-5-2-4-9(14)12(10)13(15)20/h2,4-5H,3,6-8H2,1H3,(H2,15,20)(H,16,17). The number of hydrogen-bond donors (Lipinski definition) is 2. The second-order valence-electron chi connectivity index (χ2n) is 3.96. The molecule has 0 aromatic heterocycles. The minimum Gasteiger partial charge on any atom is -0.483 e. The Morgan fingerprint density at radius 3 is 2.90 bits per heavy atom. The summed E-state index contributed by atoms with van der Waals surface area (Å²) < 4.78 is 10.3. The number of hydrogen-bond acceptors (Lipinski definition) is 4. The molecular formula is C13H17ClN2O3S. The van der Waals surface area contributed by atoms with Gasteiger partial charge in [-0.3, -0.25) is 4.79 Å². The quantitative estimate of drug-likeness (QED) is 0.562. The maximum atomic E-state index is 11.6. The fraction of sp³-hybridized carbons (Fsp3) is 0.385. The molecule has 0 aliphatic heterocycles. The molecule has 1 amide bonds. The van der Waals surface area contributed by atoms with Crippen LogP contribution < -0.4 is 15.8 Å². The van der Waals surface area contributed by atoms with E-state index in [1.54, 1.807) is 25.3 Å². The number of carbonyl (C=O) groups excluding carboxylic acids is 1. The summed E-state index contributed by atoms with van der Waals surface area (Å²) in [6.07, 6.45) is 0.748. The predicted molar refractivity (Wildman–Crippen MR) is 82.3 cm³/mol. The van der Waals surface area contributed by atoms with Gasteiger partial charge in [0.2, 0.25) is 0 Å². The Bertz CT molecular complexity index is 483. The number of amides is 1. The molecule has 1 aromatic rings. The van der Waals surface area contributed by atoms with Crippen LogP contribution in [0.25, 0.3) is 0 Å². The zero-order valence-corrected chi connectivity index (χ0v) is 12.7. The van der Waals surface area contributed by atoms with Crippen LogP contribution in [0.4, 0.5) is 0 Å². The Morgan fingerprint density at radius 2 is 2.25 bits per heavy atom. The van der Waals surface area contributed by atoms with Gasteiger partial charge in [0.15, 0.2) is 6.61 Å². The summed E-state index contributed by atoms with van der Waals surface area (Å²) in [6, 6.07) is 5.03. The molecule has 1 rings (SSSR count). The Hall–Kier alpha value is -1.37. The predicted octanol–water partition coefficient (Wildman–Crippen LogP) is 1.51. The van der Waals surface area contributed by atoms with Crippen molar-refractivity contribution in [2.24, 2.45) is 5.73 Å². The van der Waals surface area contributed by atoms with E-state index in [1.807, 2.05) is 0 Å². The summed E-state index contributed by atoms with van der Waals surface area (Å²) in [7, 11) is 1.61. The topological polar surface area (TPSA) is 73.6 Å².